The molecule has 2 aromatic heterocycles. The molecule has 2 heterocycles. The van der Waals surface area contributed by atoms with Crippen molar-refractivity contribution < 1.29 is 4.39 Å². The number of pyridine rings is 1. The maximum atomic E-state index is 13.9. The van der Waals surface area contributed by atoms with Gasteiger partial charge in [-0.15, -0.1) is 0 Å². The molecule has 0 aliphatic heterocycles. The van der Waals surface area contributed by atoms with E-state index in [1.807, 2.05) is 32.2 Å². The lowest BCUT2D eigenvalue weighted by Crippen LogP contribution is -1.96. The molecule has 114 valence electrons. The molecule has 0 radical (unpaired) electrons. The Hall–Kier alpha value is -2.56. The van der Waals surface area contributed by atoms with Gasteiger partial charge in [0.05, 0.1) is 11.4 Å². The smallest absolute Gasteiger partial charge is 0.146 e. The Morgan fingerprint density at radius 2 is 2.05 bits per heavy atom. The van der Waals surface area contributed by atoms with Gasteiger partial charge >= 0.3 is 0 Å². The summed E-state index contributed by atoms with van der Waals surface area (Å²) in [5.74, 6) is 0.334. The van der Waals surface area contributed by atoms with Crippen LogP contribution in [-0.4, -0.2) is 17.0 Å². The third kappa shape index (κ3) is 2.50. The molecule has 0 amide bonds. The number of rotatable bonds is 4. The number of aromatic nitrogens is 2. The maximum absolute atomic E-state index is 13.9. The molecule has 0 saturated carbocycles. The second kappa shape index (κ2) is 5.67. The average molecular weight is 298 g/mol. The Morgan fingerprint density at radius 3 is 2.73 bits per heavy atom. The molecule has 4 nitrogen and oxygen atoms in total. The minimum atomic E-state index is -0.279. The predicted octanol–water partition coefficient (Wildman–Crippen LogP) is 4.36. The molecule has 22 heavy (non-hydrogen) atoms. The molecular formula is C17H19FN4. The summed E-state index contributed by atoms with van der Waals surface area (Å²) in [4.78, 5) is 7.85. The number of hydrogen-bond acceptors (Lipinski definition) is 3. The molecule has 0 bridgehead atoms. The van der Waals surface area contributed by atoms with Crippen LogP contribution in [0.4, 0.5) is 21.6 Å². The normalized spacial score (nSPS) is 10.9. The molecule has 0 unspecified atom stereocenters. The van der Waals surface area contributed by atoms with Crippen molar-refractivity contribution in [1.29, 1.82) is 0 Å². The SMILES string of the molecule is CCc1[nH]c2nc(Nc3ccc(C)cc3F)ccc2c1NC. The fourth-order valence-corrected chi connectivity index (χ4v) is 2.60. The van der Waals surface area contributed by atoms with Gasteiger partial charge in [-0.1, -0.05) is 13.0 Å². The number of nitrogens with zero attached hydrogens (tertiary/aromatic N) is 1. The van der Waals surface area contributed by atoms with Crippen LogP contribution in [0.15, 0.2) is 30.3 Å². The Balaban J connectivity index is 1.98. The fourth-order valence-electron chi connectivity index (χ4n) is 2.60. The van der Waals surface area contributed by atoms with Crippen LogP contribution in [0.25, 0.3) is 11.0 Å². The molecule has 0 fully saturated rings. The molecule has 0 saturated heterocycles. The van der Waals surface area contributed by atoms with Crippen molar-refractivity contribution in [2.24, 2.45) is 0 Å². The summed E-state index contributed by atoms with van der Waals surface area (Å²) < 4.78 is 13.9. The monoisotopic (exact) mass is 298 g/mol. The van der Waals surface area contributed by atoms with E-state index in [0.29, 0.717) is 11.5 Å². The minimum Gasteiger partial charge on any atom is -0.386 e. The molecule has 1 aromatic carbocycles. The first kappa shape index (κ1) is 14.4. The van der Waals surface area contributed by atoms with Crippen LogP contribution in [0.5, 0.6) is 0 Å². The van der Waals surface area contributed by atoms with Crippen LogP contribution in [0.1, 0.15) is 18.2 Å². The highest BCUT2D eigenvalue weighted by molar-refractivity contribution is 5.93. The van der Waals surface area contributed by atoms with Crippen molar-refractivity contribution in [1.82, 2.24) is 9.97 Å². The van der Waals surface area contributed by atoms with Crippen molar-refractivity contribution >= 4 is 28.2 Å². The molecule has 0 aliphatic carbocycles. The van der Waals surface area contributed by atoms with Gasteiger partial charge in [0.1, 0.15) is 17.3 Å². The van der Waals surface area contributed by atoms with E-state index in [9.17, 15) is 4.39 Å². The summed E-state index contributed by atoms with van der Waals surface area (Å²) >= 11 is 0. The largest absolute Gasteiger partial charge is 0.386 e. The van der Waals surface area contributed by atoms with Crippen molar-refractivity contribution in [3.63, 3.8) is 0 Å². The molecule has 0 spiro atoms. The minimum absolute atomic E-state index is 0.279. The van der Waals surface area contributed by atoms with Gasteiger partial charge < -0.3 is 15.6 Å². The van der Waals surface area contributed by atoms with Crippen LogP contribution in [0.2, 0.25) is 0 Å². The number of aromatic amines is 1. The zero-order valence-electron chi connectivity index (χ0n) is 12.9. The highest BCUT2D eigenvalue weighted by Gasteiger charge is 2.11. The topological polar surface area (TPSA) is 52.7 Å². The number of hydrogen-bond donors (Lipinski definition) is 3. The van der Waals surface area contributed by atoms with Crippen molar-refractivity contribution in [3.8, 4) is 0 Å². The third-order valence-corrected chi connectivity index (χ3v) is 3.73. The number of aryl methyl sites for hydroxylation is 2. The molecule has 0 atom stereocenters. The van der Waals surface area contributed by atoms with E-state index in [4.69, 9.17) is 0 Å². The van der Waals surface area contributed by atoms with Crippen LogP contribution in [-0.2, 0) is 6.42 Å². The lowest BCUT2D eigenvalue weighted by Gasteiger charge is -2.07. The highest BCUT2D eigenvalue weighted by Crippen LogP contribution is 2.29. The summed E-state index contributed by atoms with van der Waals surface area (Å²) in [6.45, 7) is 3.95. The molecule has 3 aromatic rings. The Bertz CT molecular complexity index is 823. The standard InChI is InChI=1S/C17H19FN4/c1-4-13-16(19-3)11-6-8-15(22-17(11)21-13)20-14-7-5-10(2)9-12(14)18/h5-9,19H,4H2,1-3H3,(H2,20,21,22). The lowest BCUT2D eigenvalue weighted by atomic mass is 10.2. The quantitative estimate of drug-likeness (QED) is 0.671. The predicted molar refractivity (Wildman–Crippen MR) is 89.4 cm³/mol. The number of benzene rings is 1. The Kier molecular flexibility index (Phi) is 3.71. The van der Waals surface area contributed by atoms with Gasteiger partial charge in [0.25, 0.3) is 0 Å². The van der Waals surface area contributed by atoms with Gasteiger partial charge in [0.2, 0.25) is 0 Å². The van der Waals surface area contributed by atoms with E-state index < -0.39 is 0 Å². The van der Waals surface area contributed by atoms with Crippen LogP contribution in [0.3, 0.4) is 0 Å². The zero-order valence-corrected chi connectivity index (χ0v) is 12.9. The third-order valence-electron chi connectivity index (χ3n) is 3.73. The Labute approximate surface area is 128 Å². The first-order chi connectivity index (χ1) is 10.6. The first-order valence-electron chi connectivity index (χ1n) is 7.35. The van der Waals surface area contributed by atoms with E-state index in [1.54, 1.807) is 6.07 Å². The fraction of sp³-hybridized carbons (Fsp3) is 0.235. The van der Waals surface area contributed by atoms with Gasteiger partial charge in [0, 0.05) is 18.1 Å². The van der Waals surface area contributed by atoms with Crippen LogP contribution in [0, 0.1) is 12.7 Å². The van der Waals surface area contributed by atoms with Gasteiger partial charge in [0.15, 0.2) is 0 Å². The maximum Gasteiger partial charge on any atom is 0.146 e. The van der Waals surface area contributed by atoms with Crippen LogP contribution < -0.4 is 10.6 Å². The van der Waals surface area contributed by atoms with E-state index in [-0.39, 0.29) is 5.82 Å². The lowest BCUT2D eigenvalue weighted by molar-refractivity contribution is 0.630. The van der Waals surface area contributed by atoms with Gasteiger partial charge in [-0.05, 0) is 43.2 Å². The van der Waals surface area contributed by atoms with E-state index in [1.165, 1.54) is 6.07 Å². The second-order valence-corrected chi connectivity index (χ2v) is 5.28. The number of fused-ring (bicyclic) bond motifs is 1. The summed E-state index contributed by atoms with van der Waals surface area (Å²) in [6.07, 6.45) is 0.891. The van der Waals surface area contributed by atoms with Crippen molar-refractivity contribution in [3.05, 3.63) is 47.4 Å². The first-order valence-corrected chi connectivity index (χ1v) is 7.35. The van der Waals surface area contributed by atoms with Crippen molar-refractivity contribution in [2.45, 2.75) is 20.3 Å². The van der Waals surface area contributed by atoms with E-state index in [2.05, 4.69) is 27.5 Å². The average Bonchev–Trinajstić information content (AvgIpc) is 2.87. The van der Waals surface area contributed by atoms with E-state index in [0.717, 1.165) is 34.4 Å². The highest BCUT2D eigenvalue weighted by atomic mass is 19.1. The molecule has 0 aliphatic rings. The summed E-state index contributed by atoms with van der Waals surface area (Å²) in [5, 5.41) is 7.27. The number of anilines is 3. The van der Waals surface area contributed by atoms with E-state index >= 15 is 0 Å². The summed E-state index contributed by atoms with van der Waals surface area (Å²) in [5.41, 5.74) is 4.29. The number of nitrogens with one attached hydrogen (secondary N) is 3. The molecule has 3 rings (SSSR count). The zero-order chi connectivity index (χ0) is 15.7. The molecule has 3 N–H and O–H groups in total. The number of H-pyrrole nitrogens is 1. The second-order valence-electron chi connectivity index (χ2n) is 5.28. The summed E-state index contributed by atoms with van der Waals surface area (Å²) in [6, 6.07) is 8.94. The Morgan fingerprint density at radius 1 is 1.23 bits per heavy atom. The number of halogens is 1. The van der Waals surface area contributed by atoms with Gasteiger partial charge in [-0.25, -0.2) is 9.37 Å². The van der Waals surface area contributed by atoms with Gasteiger partial charge in [-0.2, -0.15) is 0 Å². The van der Waals surface area contributed by atoms with Crippen LogP contribution >= 0.6 is 0 Å². The molecular weight excluding hydrogens is 279 g/mol. The summed E-state index contributed by atoms with van der Waals surface area (Å²) in [7, 11) is 1.90. The van der Waals surface area contributed by atoms with Gasteiger partial charge in [-0.3, -0.25) is 0 Å². The van der Waals surface area contributed by atoms with Crippen molar-refractivity contribution in [2.75, 3.05) is 17.7 Å². The molecule has 5 heteroatoms.